The predicted octanol–water partition coefficient (Wildman–Crippen LogP) is 4.33. The SMILES string of the molecule is C=C(C)CSC1=NN=C(C(F)(F)F)C1(C)N(C=O)c1ccc(F)cc1F. The summed E-state index contributed by atoms with van der Waals surface area (Å²) in [6.07, 6.45) is -4.87. The van der Waals surface area contributed by atoms with Crippen molar-refractivity contribution in [1.82, 2.24) is 0 Å². The van der Waals surface area contributed by atoms with E-state index in [9.17, 15) is 26.7 Å². The van der Waals surface area contributed by atoms with Crippen LogP contribution in [0.3, 0.4) is 0 Å². The molecule has 0 aliphatic carbocycles. The van der Waals surface area contributed by atoms with Crippen LogP contribution in [-0.2, 0) is 4.79 Å². The Labute approximate surface area is 150 Å². The highest BCUT2D eigenvalue weighted by atomic mass is 32.2. The zero-order chi connectivity index (χ0) is 19.7. The summed E-state index contributed by atoms with van der Waals surface area (Å²) in [5.74, 6) is -1.88. The van der Waals surface area contributed by atoms with E-state index in [0.717, 1.165) is 30.8 Å². The van der Waals surface area contributed by atoms with E-state index in [1.807, 2.05) is 0 Å². The molecule has 10 heteroatoms. The Morgan fingerprint density at radius 3 is 2.50 bits per heavy atom. The number of carbonyl (C=O) groups excluding carboxylic acids is 1. The number of carbonyl (C=O) groups is 1. The largest absolute Gasteiger partial charge is 0.434 e. The van der Waals surface area contributed by atoms with Crippen LogP contribution in [0.2, 0.25) is 0 Å². The number of hydrogen-bond donors (Lipinski definition) is 0. The Balaban J connectivity index is 2.58. The van der Waals surface area contributed by atoms with Gasteiger partial charge in [0.2, 0.25) is 6.41 Å². The number of anilines is 1. The third kappa shape index (κ3) is 3.64. The van der Waals surface area contributed by atoms with Gasteiger partial charge < -0.3 is 0 Å². The molecule has 0 saturated heterocycles. The summed E-state index contributed by atoms with van der Waals surface area (Å²) in [5.41, 5.74) is -3.43. The van der Waals surface area contributed by atoms with Crippen LogP contribution in [-0.4, -0.2) is 34.6 Å². The Bertz CT molecular complexity index is 806. The minimum absolute atomic E-state index is 0.0414. The van der Waals surface area contributed by atoms with Crippen LogP contribution in [0.1, 0.15) is 13.8 Å². The van der Waals surface area contributed by atoms with Crippen LogP contribution >= 0.6 is 11.8 Å². The topological polar surface area (TPSA) is 45.0 Å². The lowest BCUT2D eigenvalue weighted by atomic mass is 9.94. The molecular formula is C16H14F5N3OS. The zero-order valence-corrected chi connectivity index (χ0v) is 14.6. The van der Waals surface area contributed by atoms with Gasteiger partial charge in [-0.3, -0.25) is 9.69 Å². The first-order valence-corrected chi connectivity index (χ1v) is 8.21. The maximum absolute atomic E-state index is 14.2. The molecule has 4 nitrogen and oxygen atoms in total. The van der Waals surface area contributed by atoms with Gasteiger partial charge in [-0.1, -0.05) is 12.2 Å². The first kappa shape index (κ1) is 20.1. The number of rotatable bonds is 5. The van der Waals surface area contributed by atoms with Crippen molar-refractivity contribution < 1.29 is 26.7 Å². The van der Waals surface area contributed by atoms with Gasteiger partial charge in [0.15, 0.2) is 5.71 Å². The van der Waals surface area contributed by atoms with E-state index in [1.54, 1.807) is 6.92 Å². The van der Waals surface area contributed by atoms with E-state index in [-0.39, 0.29) is 17.2 Å². The summed E-state index contributed by atoms with van der Waals surface area (Å²) in [6, 6.07) is 2.21. The number of alkyl halides is 3. The molecule has 1 unspecified atom stereocenters. The molecule has 1 aromatic rings. The third-order valence-electron chi connectivity index (χ3n) is 3.60. The van der Waals surface area contributed by atoms with Crippen LogP contribution in [0, 0.1) is 11.6 Å². The second kappa shape index (κ2) is 7.18. The summed E-state index contributed by atoms with van der Waals surface area (Å²) in [7, 11) is 0. The number of amides is 1. The van der Waals surface area contributed by atoms with Gasteiger partial charge in [0.05, 0.1) is 5.69 Å². The van der Waals surface area contributed by atoms with Crippen LogP contribution < -0.4 is 4.90 Å². The van der Waals surface area contributed by atoms with Gasteiger partial charge >= 0.3 is 6.18 Å². The second-order valence-corrected chi connectivity index (χ2v) is 6.70. The summed E-state index contributed by atoms with van der Waals surface area (Å²) in [6.45, 7) is 6.39. The van der Waals surface area contributed by atoms with Crippen molar-refractivity contribution in [2.75, 3.05) is 10.7 Å². The fourth-order valence-corrected chi connectivity index (χ4v) is 3.34. The van der Waals surface area contributed by atoms with Crippen molar-refractivity contribution in [1.29, 1.82) is 0 Å². The molecule has 0 radical (unpaired) electrons. The van der Waals surface area contributed by atoms with Crippen LogP contribution in [0.4, 0.5) is 27.6 Å². The highest BCUT2D eigenvalue weighted by Crippen LogP contribution is 2.40. The molecule has 0 aromatic heterocycles. The van der Waals surface area contributed by atoms with Crippen LogP contribution in [0.15, 0.2) is 40.6 Å². The quantitative estimate of drug-likeness (QED) is 0.426. The summed E-state index contributed by atoms with van der Waals surface area (Å²) in [5, 5.41) is 6.60. The first-order valence-electron chi connectivity index (χ1n) is 7.22. The summed E-state index contributed by atoms with van der Waals surface area (Å²) >= 11 is 0.905. The van der Waals surface area contributed by atoms with E-state index < -0.39 is 34.7 Å². The molecule has 26 heavy (non-hydrogen) atoms. The molecule has 0 spiro atoms. The van der Waals surface area contributed by atoms with E-state index >= 15 is 0 Å². The molecule has 1 amide bonds. The van der Waals surface area contributed by atoms with E-state index in [1.165, 1.54) is 0 Å². The molecule has 1 atom stereocenters. The molecule has 1 heterocycles. The molecule has 1 aromatic carbocycles. The van der Waals surface area contributed by atoms with Crippen molar-refractivity contribution >= 4 is 34.6 Å². The van der Waals surface area contributed by atoms with Gasteiger partial charge in [0.25, 0.3) is 0 Å². The average Bonchev–Trinajstić information content (AvgIpc) is 2.85. The van der Waals surface area contributed by atoms with Gasteiger partial charge in [-0.15, -0.1) is 22.0 Å². The number of benzene rings is 1. The minimum atomic E-state index is -4.92. The van der Waals surface area contributed by atoms with Gasteiger partial charge in [0.1, 0.15) is 22.2 Å². The van der Waals surface area contributed by atoms with E-state index in [4.69, 9.17) is 0 Å². The molecule has 0 fully saturated rings. The molecule has 1 aliphatic rings. The molecule has 2 rings (SSSR count). The maximum Gasteiger partial charge on any atom is 0.434 e. The van der Waals surface area contributed by atoms with Crippen molar-refractivity contribution in [2.45, 2.75) is 25.6 Å². The lowest BCUT2D eigenvalue weighted by molar-refractivity contribution is -0.108. The molecule has 0 saturated carbocycles. The standard InChI is InChI=1S/C16H14F5N3OS/c1-9(2)7-26-14-15(3,13(22-23-14)16(19,20)21)24(8-25)12-5-4-10(17)6-11(12)18/h4-6,8H,1,7H2,2-3H3. The molecule has 0 N–H and O–H groups in total. The number of hydrogen-bond acceptors (Lipinski definition) is 4. The Kier molecular flexibility index (Phi) is 5.55. The Morgan fingerprint density at radius 1 is 1.35 bits per heavy atom. The smallest absolute Gasteiger partial charge is 0.294 e. The lowest BCUT2D eigenvalue weighted by Gasteiger charge is -2.37. The highest BCUT2D eigenvalue weighted by molar-refractivity contribution is 8.14. The molecule has 0 bridgehead atoms. The summed E-state index contributed by atoms with van der Waals surface area (Å²) in [4.78, 5) is 12.2. The lowest BCUT2D eigenvalue weighted by Crippen LogP contribution is -2.59. The van der Waals surface area contributed by atoms with Gasteiger partial charge in [-0.05, 0) is 26.0 Å². The first-order chi connectivity index (χ1) is 12.0. The fraction of sp³-hybridized carbons (Fsp3) is 0.312. The summed E-state index contributed by atoms with van der Waals surface area (Å²) < 4.78 is 67.7. The second-order valence-electron chi connectivity index (χ2n) is 5.74. The number of nitrogens with zero attached hydrogens (tertiary/aromatic N) is 3. The van der Waals surface area contributed by atoms with Crippen molar-refractivity contribution in [3.05, 3.63) is 42.0 Å². The van der Waals surface area contributed by atoms with Crippen LogP contribution in [0.5, 0.6) is 0 Å². The fourth-order valence-electron chi connectivity index (χ4n) is 2.38. The Morgan fingerprint density at radius 2 is 2.00 bits per heavy atom. The van der Waals surface area contributed by atoms with Crippen molar-refractivity contribution in [2.24, 2.45) is 10.2 Å². The highest BCUT2D eigenvalue weighted by Gasteiger charge is 2.57. The van der Waals surface area contributed by atoms with Crippen molar-refractivity contribution in [3.63, 3.8) is 0 Å². The molecule has 1 aliphatic heterocycles. The molecule has 140 valence electrons. The predicted molar refractivity (Wildman–Crippen MR) is 91.5 cm³/mol. The van der Waals surface area contributed by atoms with E-state index in [0.29, 0.717) is 16.5 Å². The number of halogens is 5. The van der Waals surface area contributed by atoms with Gasteiger partial charge in [0, 0.05) is 11.8 Å². The Hall–Kier alpha value is -2.23. The third-order valence-corrected chi connectivity index (χ3v) is 4.99. The average molecular weight is 391 g/mol. The van der Waals surface area contributed by atoms with E-state index in [2.05, 4.69) is 16.8 Å². The molecular weight excluding hydrogens is 377 g/mol. The number of thioether (sulfide) groups is 1. The normalized spacial score (nSPS) is 19.8. The monoisotopic (exact) mass is 391 g/mol. The van der Waals surface area contributed by atoms with Gasteiger partial charge in [-0.25, -0.2) is 8.78 Å². The minimum Gasteiger partial charge on any atom is -0.294 e. The van der Waals surface area contributed by atoms with Crippen molar-refractivity contribution in [3.8, 4) is 0 Å². The van der Waals surface area contributed by atoms with Gasteiger partial charge in [-0.2, -0.15) is 13.2 Å². The van der Waals surface area contributed by atoms with Crippen LogP contribution in [0.25, 0.3) is 0 Å². The zero-order valence-electron chi connectivity index (χ0n) is 13.8. The maximum atomic E-state index is 14.2.